The van der Waals surface area contributed by atoms with Crippen molar-refractivity contribution in [3.05, 3.63) is 90.5 Å². The second-order valence-corrected chi connectivity index (χ2v) is 31.1. The van der Waals surface area contributed by atoms with Crippen molar-refractivity contribution in [1.29, 1.82) is 0 Å². The maximum absolute atomic E-state index is 4.00. The van der Waals surface area contributed by atoms with E-state index in [1.807, 2.05) is 22.7 Å². The van der Waals surface area contributed by atoms with E-state index in [9.17, 15) is 0 Å². The first-order chi connectivity index (χ1) is 39.4. The van der Waals surface area contributed by atoms with Gasteiger partial charge in [-0.3, -0.25) is 0 Å². The summed E-state index contributed by atoms with van der Waals surface area (Å²) in [6, 6.07) is 24.7. The van der Waals surface area contributed by atoms with E-state index in [-0.39, 0.29) is 0 Å². The highest BCUT2D eigenvalue weighted by atomic mass is 79.9. The van der Waals surface area contributed by atoms with Crippen molar-refractivity contribution in [1.82, 2.24) is 0 Å². The highest BCUT2D eigenvalue weighted by Gasteiger charge is 2.26. The van der Waals surface area contributed by atoms with Crippen molar-refractivity contribution < 1.29 is 0 Å². The van der Waals surface area contributed by atoms with Crippen molar-refractivity contribution in [3.8, 4) is 51.5 Å². The molecule has 444 valence electrons. The Morgan fingerprint density at radius 3 is 0.775 bits per heavy atom. The number of hydrogen-bond donors (Lipinski definition) is 0. The van der Waals surface area contributed by atoms with Crippen LogP contribution < -0.4 is 0 Å². The number of thiophene rings is 4. The molecule has 6 rings (SSSR count). The largest absolute Gasteiger partial charge is 0.134 e. The van der Waals surface area contributed by atoms with Crippen LogP contribution in [0.15, 0.2) is 68.2 Å². The van der Waals surface area contributed by atoms with Gasteiger partial charge in [-0.15, -0.1) is 45.3 Å². The van der Waals surface area contributed by atoms with Crippen molar-refractivity contribution in [3.63, 3.8) is 0 Å². The number of aryl methyl sites for hydroxylation is 4. The summed E-state index contributed by atoms with van der Waals surface area (Å²) < 4.78 is 2.56. The van der Waals surface area contributed by atoms with Crippen LogP contribution in [0.4, 0.5) is 0 Å². The summed E-state index contributed by atoms with van der Waals surface area (Å²) in [5.74, 6) is 0. The molecule has 0 nitrogen and oxygen atoms in total. The summed E-state index contributed by atoms with van der Waals surface area (Å²) in [5.41, 5.74) is 12.0. The summed E-state index contributed by atoms with van der Waals surface area (Å²) in [6.45, 7) is 9.30. The van der Waals surface area contributed by atoms with Crippen molar-refractivity contribution in [2.24, 2.45) is 0 Å². The Hall–Kier alpha value is -1.54. The molecule has 0 amide bonds. The first-order valence-electron chi connectivity index (χ1n) is 33.8. The average Bonchev–Trinajstić information content (AvgIpc) is 4.35. The molecule has 0 bridgehead atoms. The van der Waals surface area contributed by atoms with Gasteiger partial charge in [-0.2, -0.15) is 0 Å². The Labute approximate surface area is 525 Å². The molecule has 0 N–H and O–H groups in total. The molecule has 0 fully saturated rings. The van der Waals surface area contributed by atoms with Crippen molar-refractivity contribution in [2.75, 3.05) is 0 Å². The molecule has 0 unspecified atom stereocenters. The minimum Gasteiger partial charge on any atom is -0.134 e. The van der Waals surface area contributed by atoms with Gasteiger partial charge < -0.3 is 0 Å². The van der Waals surface area contributed by atoms with Crippen LogP contribution in [0.1, 0.15) is 307 Å². The molecule has 0 spiro atoms. The molecule has 0 saturated heterocycles. The zero-order valence-corrected chi connectivity index (χ0v) is 57.7. The normalized spacial score (nSPS) is 11.8. The lowest BCUT2D eigenvalue weighted by atomic mass is 9.99. The zero-order valence-electron chi connectivity index (χ0n) is 51.3. The molecule has 2 aliphatic carbocycles. The lowest BCUT2D eigenvalue weighted by Crippen LogP contribution is -1.88. The van der Waals surface area contributed by atoms with E-state index in [1.165, 1.54) is 329 Å². The third-order valence-electron chi connectivity index (χ3n) is 17.2. The van der Waals surface area contributed by atoms with Crippen LogP contribution in [0.5, 0.6) is 0 Å². The molecular formula is C74H110Br2S4. The number of hydrogen-bond acceptors (Lipinski definition) is 4. The zero-order chi connectivity index (χ0) is 56.2. The van der Waals surface area contributed by atoms with Crippen molar-refractivity contribution >= 4 is 77.2 Å². The van der Waals surface area contributed by atoms with Crippen molar-refractivity contribution in [2.45, 2.75) is 310 Å². The molecule has 6 heteroatoms. The van der Waals surface area contributed by atoms with Crippen LogP contribution >= 0.6 is 77.2 Å². The summed E-state index contributed by atoms with van der Waals surface area (Å²) >= 11 is 16.2. The SMILES string of the molecule is CCCCCCCCCCCCc1cc(Br)sc1-c1cc(CCCCCCCCCCCC)c(-c2cc(-c3sc(-c4sc(Br)cc4CCCCCCCCCCCC)cc3CCCCCCCCCCCC)c3cccccc2-3)s1. The molecular weight excluding hydrogens is 1180 g/mol. The second kappa shape index (κ2) is 41.5. The van der Waals surface area contributed by atoms with Gasteiger partial charge in [-0.25, -0.2) is 0 Å². The fourth-order valence-corrected chi connectivity index (χ4v) is 18.5. The van der Waals surface area contributed by atoms with E-state index >= 15 is 0 Å². The number of halogens is 2. The summed E-state index contributed by atoms with van der Waals surface area (Å²) in [6.07, 6.45) is 59.8. The van der Waals surface area contributed by atoms with E-state index in [0.29, 0.717) is 0 Å². The molecule has 4 aromatic rings. The first kappa shape index (κ1) is 67.6. The van der Waals surface area contributed by atoms with E-state index in [0.717, 1.165) is 12.8 Å². The monoisotopic (exact) mass is 1280 g/mol. The fourth-order valence-electron chi connectivity index (χ4n) is 12.4. The van der Waals surface area contributed by atoms with Crippen LogP contribution in [-0.2, 0) is 25.7 Å². The van der Waals surface area contributed by atoms with E-state index in [4.69, 9.17) is 0 Å². The minimum atomic E-state index is 1.16. The molecule has 0 radical (unpaired) electrons. The quantitative estimate of drug-likeness (QED) is 0.0334. The van der Waals surface area contributed by atoms with Gasteiger partial charge in [0.2, 0.25) is 0 Å². The molecule has 2 aliphatic rings. The van der Waals surface area contributed by atoms with Gasteiger partial charge in [-0.05, 0) is 147 Å². The molecule has 0 saturated carbocycles. The average molecular weight is 1290 g/mol. The molecule has 4 heterocycles. The van der Waals surface area contributed by atoms with E-state index in [1.54, 1.807) is 22.3 Å². The van der Waals surface area contributed by atoms with Gasteiger partial charge in [0, 0.05) is 40.4 Å². The third kappa shape index (κ3) is 24.1. The Balaban J connectivity index is 1.27. The second-order valence-electron chi connectivity index (χ2n) is 24.2. The van der Waals surface area contributed by atoms with E-state index in [2.05, 4.69) is 143 Å². The van der Waals surface area contributed by atoms with Gasteiger partial charge in [0.1, 0.15) is 0 Å². The standard InChI is InChI=1S/C74H110Br2S4/c1-5-9-13-17-21-25-29-33-37-42-48-59-54-67(73-61(56-69(75)79-73)50-44-39-35-31-27-23-19-15-11-7-3)77-71(59)65-58-66(64-53-47-41-46-52-63(64)65)72-60(49-43-38-34-30-26-22-18-14-10-6-2)55-68(78-72)74-62(57-70(76)80-74)51-45-40-36-32-28-24-20-16-12-8-4/h41,46-47,52-58H,5-40,42-45,48-51H2,1-4H3. The molecule has 4 aromatic heterocycles. The summed E-state index contributed by atoms with van der Waals surface area (Å²) in [4.78, 5) is 9.01. The lowest BCUT2D eigenvalue weighted by Gasteiger charge is -2.06. The van der Waals surface area contributed by atoms with Gasteiger partial charge in [0.15, 0.2) is 0 Å². The van der Waals surface area contributed by atoms with Gasteiger partial charge >= 0.3 is 0 Å². The van der Waals surface area contributed by atoms with Gasteiger partial charge in [0.25, 0.3) is 0 Å². The molecule has 0 aromatic carbocycles. The summed E-state index contributed by atoms with van der Waals surface area (Å²) in [5, 5.41) is 0. The third-order valence-corrected chi connectivity index (χ3v) is 23.4. The number of rotatable bonds is 48. The molecule has 0 aliphatic heterocycles. The smallest absolute Gasteiger partial charge is 0.0708 e. The fraction of sp³-hybridized carbons (Fsp3) is 0.649. The van der Waals surface area contributed by atoms with Gasteiger partial charge in [-0.1, -0.05) is 289 Å². The molecule has 0 atom stereocenters. The first-order valence-corrected chi connectivity index (χ1v) is 38.7. The predicted octanol–water partition coefficient (Wildman–Crippen LogP) is 29.1. The lowest BCUT2D eigenvalue weighted by molar-refractivity contribution is 0.556. The van der Waals surface area contributed by atoms with Crippen LogP contribution in [0.2, 0.25) is 0 Å². The topological polar surface area (TPSA) is 0 Å². The van der Waals surface area contributed by atoms with Crippen LogP contribution in [0.25, 0.3) is 51.5 Å². The Kier molecular flexibility index (Phi) is 35.1. The Morgan fingerprint density at radius 2 is 0.500 bits per heavy atom. The maximum Gasteiger partial charge on any atom is 0.0708 e. The summed E-state index contributed by atoms with van der Waals surface area (Å²) in [7, 11) is 0. The predicted molar refractivity (Wildman–Crippen MR) is 374 cm³/mol. The maximum atomic E-state index is 4.00. The van der Waals surface area contributed by atoms with Gasteiger partial charge in [0.05, 0.1) is 7.57 Å². The van der Waals surface area contributed by atoms with Crippen LogP contribution in [0.3, 0.4) is 0 Å². The highest BCUT2D eigenvalue weighted by Crippen LogP contribution is 2.53. The Bertz CT molecular complexity index is 2310. The minimum absolute atomic E-state index is 1.16. The molecule has 80 heavy (non-hydrogen) atoms. The number of unbranched alkanes of at least 4 members (excludes halogenated alkanes) is 36. The van der Waals surface area contributed by atoms with Crippen LogP contribution in [0, 0.1) is 0 Å². The van der Waals surface area contributed by atoms with Crippen LogP contribution in [-0.4, -0.2) is 0 Å². The Morgan fingerprint density at radius 1 is 0.250 bits per heavy atom. The highest BCUT2D eigenvalue weighted by molar-refractivity contribution is 9.11. The van der Waals surface area contributed by atoms with E-state index < -0.39 is 0 Å². The number of fused-ring (bicyclic) bond motifs is 1.